The molecule has 0 saturated carbocycles. The number of carboxylic acids is 1. The second-order valence-electron chi connectivity index (χ2n) is 9.65. The van der Waals surface area contributed by atoms with E-state index in [9.17, 15) is 14.7 Å². The number of quaternary nitrogens is 1. The van der Waals surface area contributed by atoms with Crippen molar-refractivity contribution in [2.24, 2.45) is 0 Å². The largest absolute Gasteiger partial charge is 0.547 e. The first-order valence-corrected chi connectivity index (χ1v) is 13.4. The summed E-state index contributed by atoms with van der Waals surface area (Å²) in [4.78, 5) is 21.2. The van der Waals surface area contributed by atoms with E-state index in [4.69, 9.17) is 5.11 Å². The van der Waals surface area contributed by atoms with Crippen LogP contribution in [0.5, 0.6) is 0 Å². The minimum absolute atomic E-state index is 0.229. The zero-order valence-electron chi connectivity index (χ0n) is 22.8. The maximum atomic E-state index is 11.8. The second kappa shape index (κ2) is 24.5. The molecule has 0 aromatic carbocycles. The molecule has 0 saturated heterocycles. The summed E-state index contributed by atoms with van der Waals surface area (Å²) in [5.41, 5.74) is 0. The Morgan fingerprint density at radius 1 is 0.882 bits per heavy atom. The van der Waals surface area contributed by atoms with Crippen molar-refractivity contribution >= 4 is 11.9 Å². The molecular weight excluding hydrogens is 428 g/mol. The number of amides is 1. The Morgan fingerprint density at radius 2 is 1.41 bits per heavy atom. The summed E-state index contributed by atoms with van der Waals surface area (Å²) >= 11 is 0. The lowest BCUT2D eigenvalue weighted by atomic mass is 10.1. The van der Waals surface area contributed by atoms with Crippen molar-refractivity contribution in [2.75, 3.05) is 33.7 Å². The number of carboxylic acid groups (broad SMARTS) is 1. The summed E-state index contributed by atoms with van der Waals surface area (Å²) in [6, 6.07) is 0. The summed E-state index contributed by atoms with van der Waals surface area (Å²) in [6.45, 7) is 8.68. The number of aliphatic carboxylic acids is 1. The van der Waals surface area contributed by atoms with Gasteiger partial charge >= 0.3 is 0 Å². The first-order chi connectivity index (χ1) is 16.2. The third kappa shape index (κ3) is 28.4. The molecule has 6 heteroatoms. The van der Waals surface area contributed by atoms with Gasteiger partial charge < -0.3 is 24.8 Å². The van der Waals surface area contributed by atoms with E-state index in [0.29, 0.717) is 6.42 Å². The second-order valence-corrected chi connectivity index (χ2v) is 9.65. The Balaban J connectivity index is 0. The Morgan fingerprint density at radius 3 is 1.94 bits per heavy atom. The number of hydrogen-bond acceptors (Lipinski definition) is 4. The van der Waals surface area contributed by atoms with E-state index in [-0.39, 0.29) is 5.91 Å². The quantitative estimate of drug-likeness (QED) is 0.152. The summed E-state index contributed by atoms with van der Waals surface area (Å²) in [5.74, 6) is -1.21. The van der Waals surface area contributed by atoms with E-state index in [2.05, 4.69) is 57.6 Å². The van der Waals surface area contributed by atoms with Gasteiger partial charge in [0.25, 0.3) is 0 Å². The first kappa shape index (κ1) is 34.5. The zero-order chi connectivity index (χ0) is 26.1. The van der Waals surface area contributed by atoms with Crippen molar-refractivity contribution in [2.45, 2.75) is 110 Å². The highest BCUT2D eigenvalue weighted by molar-refractivity contribution is 5.75. The Bertz CT molecular complexity index is 543. The fourth-order valence-electron chi connectivity index (χ4n) is 3.08. The molecule has 1 atom stereocenters. The number of allylic oxidation sites excluding steroid dienone is 4. The third-order valence-corrected chi connectivity index (χ3v) is 5.81. The number of hydrogen-bond donors (Lipinski definition) is 2. The van der Waals surface area contributed by atoms with Gasteiger partial charge in [-0.25, -0.2) is 0 Å². The topological polar surface area (TPSA) is 89.5 Å². The molecule has 34 heavy (non-hydrogen) atoms. The fourth-order valence-corrected chi connectivity index (χ4v) is 3.08. The Hall–Kier alpha value is -1.66. The smallest absolute Gasteiger partial charge is 0.219 e. The number of carbonyl (C=O) groups is 2. The molecule has 0 spiro atoms. The summed E-state index contributed by atoms with van der Waals surface area (Å²) in [6.07, 6.45) is 23.1. The molecule has 0 aliphatic rings. The molecular formula is C28H54N2O4. The van der Waals surface area contributed by atoms with Crippen LogP contribution in [0.3, 0.4) is 0 Å². The fraction of sp³-hybridized carbons (Fsp3) is 0.786. The molecule has 0 aromatic heterocycles. The van der Waals surface area contributed by atoms with Crippen LogP contribution in [-0.2, 0) is 9.59 Å². The highest BCUT2D eigenvalue weighted by Crippen LogP contribution is 2.08. The van der Waals surface area contributed by atoms with Gasteiger partial charge in [-0.15, -0.1) is 0 Å². The third-order valence-electron chi connectivity index (χ3n) is 5.81. The molecule has 0 aromatic rings. The van der Waals surface area contributed by atoms with Crippen LogP contribution in [0.1, 0.15) is 104 Å². The zero-order valence-corrected chi connectivity index (χ0v) is 22.8. The monoisotopic (exact) mass is 482 g/mol. The maximum Gasteiger partial charge on any atom is 0.219 e. The van der Waals surface area contributed by atoms with Gasteiger partial charge in [-0.3, -0.25) is 4.79 Å². The van der Waals surface area contributed by atoms with Crippen molar-refractivity contribution in [3.63, 3.8) is 0 Å². The number of nitrogens with one attached hydrogen (secondary N) is 1. The number of unbranched alkanes of at least 4 members (excludes halogenated alkanes) is 8. The van der Waals surface area contributed by atoms with Crippen molar-refractivity contribution in [3.05, 3.63) is 24.3 Å². The minimum Gasteiger partial charge on any atom is -0.547 e. The standard InChI is InChI=1S/C25H48N2O.C3H6O3/c1-5-7-8-9-10-11-12-13-14-15-16-17-18-19-20-22-25(28)26-23-21-24-27(3,4)6-2;1-2(4)3(5)6/h10-11,13-14H,5-9,12,15-24H2,1-4H3;2,4H,1H3,(H,5,6)/b11-10-,14-13-;. The minimum atomic E-state index is -1.44. The number of aliphatic hydroxyl groups excluding tert-OH is 1. The van der Waals surface area contributed by atoms with Crippen LogP contribution < -0.4 is 10.4 Å². The van der Waals surface area contributed by atoms with Gasteiger partial charge in [0.1, 0.15) is 0 Å². The molecule has 1 amide bonds. The predicted molar refractivity (Wildman–Crippen MR) is 141 cm³/mol. The van der Waals surface area contributed by atoms with Gasteiger partial charge in [0.15, 0.2) is 0 Å². The Labute approximate surface area is 210 Å². The predicted octanol–water partition coefficient (Wildman–Crippen LogP) is 4.52. The average molecular weight is 483 g/mol. The van der Waals surface area contributed by atoms with Crippen molar-refractivity contribution < 1.29 is 24.3 Å². The summed E-state index contributed by atoms with van der Waals surface area (Å²) < 4.78 is 1.03. The van der Waals surface area contributed by atoms with Crippen molar-refractivity contribution in [1.82, 2.24) is 5.32 Å². The molecule has 0 radical (unpaired) electrons. The molecule has 0 aliphatic carbocycles. The highest BCUT2D eigenvalue weighted by atomic mass is 16.4. The van der Waals surface area contributed by atoms with Gasteiger partial charge in [-0.05, 0) is 52.4 Å². The van der Waals surface area contributed by atoms with Crippen molar-refractivity contribution in [1.29, 1.82) is 0 Å². The maximum absolute atomic E-state index is 11.8. The van der Waals surface area contributed by atoms with E-state index in [1.165, 1.54) is 57.8 Å². The van der Waals surface area contributed by atoms with Crippen LogP contribution >= 0.6 is 0 Å². The van der Waals surface area contributed by atoms with E-state index in [0.717, 1.165) is 50.3 Å². The van der Waals surface area contributed by atoms with Gasteiger partial charge in [-0.1, -0.05) is 63.3 Å². The number of aliphatic hydroxyl groups is 1. The van der Waals surface area contributed by atoms with Gasteiger partial charge in [0.05, 0.1) is 39.3 Å². The SMILES string of the molecule is CC(O)C(=O)[O-].CCCCC/C=C\C/C=C\CCCCCCCC(=O)NCCC[N+](C)(C)CC. The lowest BCUT2D eigenvalue weighted by Gasteiger charge is -2.28. The number of rotatable bonds is 20. The molecule has 200 valence electrons. The van der Waals surface area contributed by atoms with Gasteiger partial charge in [-0.2, -0.15) is 0 Å². The average Bonchev–Trinajstić information content (AvgIpc) is 2.79. The molecule has 0 aliphatic heterocycles. The molecule has 1 unspecified atom stereocenters. The number of nitrogens with zero attached hydrogens (tertiary/aromatic N) is 1. The van der Waals surface area contributed by atoms with E-state index >= 15 is 0 Å². The lowest BCUT2D eigenvalue weighted by molar-refractivity contribution is -0.888. The highest BCUT2D eigenvalue weighted by Gasteiger charge is 2.10. The van der Waals surface area contributed by atoms with Crippen molar-refractivity contribution in [3.8, 4) is 0 Å². The lowest BCUT2D eigenvalue weighted by Crippen LogP contribution is -2.41. The molecule has 0 bridgehead atoms. The van der Waals surface area contributed by atoms with Crippen LogP contribution in [0.15, 0.2) is 24.3 Å². The van der Waals surface area contributed by atoms with E-state index in [1.54, 1.807) is 0 Å². The van der Waals surface area contributed by atoms with Crippen LogP contribution in [0.2, 0.25) is 0 Å². The van der Waals surface area contributed by atoms with E-state index in [1.807, 2.05) is 0 Å². The summed E-state index contributed by atoms with van der Waals surface area (Å²) in [7, 11) is 4.48. The molecule has 0 fully saturated rings. The van der Waals surface area contributed by atoms with E-state index < -0.39 is 12.1 Å². The molecule has 0 rings (SSSR count). The number of carbonyl (C=O) groups excluding carboxylic acids is 2. The molecule has 6 nitrogen and oxygen atoms in total. The van der Waals surface area contributed by atoms with Crippen LogP contribution in [-0.4, -0.2) is 61.3 Å². The summed E-state index contributed by atoms with van der Waals surface area (Å²) in [5, 5.41) is 20.4. The Kier molecular flexibility index (Phi) is 24.8. The first-order valence-electron chi connectivity index (χ1n) is 13.4. The van der Waals surface area contributed by atoms with Crippen LogP contribution in [0, 0.1) is 0 Å². The van der Waals surface area contributed by atoms with Gasteiger partial charge in [0, 0.05) is 19.4 Å². The van der Waals surface area contributed by atoms with Crippen LogP contribution in [0.25, 0.3) is 0 Å². The normalized spacial score (nSPS) is 12.5. The van der Waals surface area contributed by atoms with Crippen LogP contribution in [0.4, 0.5) is 0 Å². The molecule has 0 heterocycles. The van der Waals surface area contributed by atoms with Gasteiger partial charge in [0.2, 0.25) is 5.91 Å². The molecule has 2 N–H and O–H groups in total.